The summed E-state index contributed by atoms with van der Waals surface area (Å²) in [6.45, 7) is 0. The van der Waals surface area contributed by atoms with Gasteiger partial charge in [0.15, 0.2) is 16.3 Å². The highest BCUT2D eigenvalue weighted by molar-refractivity contribution is 14.1. The topological polar surface area (TPSA) is 29.9 Å². The van der Waals surface area contributed by atoms with E-state index in [4.69, 9.17) is 17.0 Å². The predicted octanol–water partition coefficient (Wildman–Crippen LogP) is 4.44. The number of methoxy groups -OCH3 is 1. The van der Waals surface area contributed by atoms with Gasteiger partial charge >= 0.3 is 0 Å². The molecule has 1 heterocycles. The fourth-order valence-electron chi connectivity index (χ4n) is 2.13. The molecule has 1 aromatic heterocycles. The second kappa shape index (κ2) is 5.17. The highest BCUT2D eigenvalue weighted by atomic mass is 127. The van der Waals surface area contributed by atoms with E-state index in [1.165, 1.54) is 13.2 Å². The molecule has 20 heavy (non-hydrogen) atoms. The maximum absolute atomic E-state index is 13.5. The van der Waals surface area contributed by atoms with Crippen molar-refractivity contribution < 1.29 is 9.13 Å². The van der Waals surface area contributed by atoms with Gasteiger partial charge in [-0.15, -0.1) is 0 Å². The first-order chi connectivity index (χ1) is 9.60. The third-order valence-electron chi connectivity index (χ3n) is 3.04. The largest absolute Gasteiger partial charge is 0.494 e. The molecule has 2 aromatic carbocycles. The van der Waals surface area contributed by atoms with Crippen LogP contribution >= 0.6 is 34.8 Å². The molecule has 0 saturated carbocycles. The van der Waals surface area contributed by atoms with Crippen LogP contribution in [0.25, 0.3) is 16.7 Å². The van der Waals surface area contributed by atoms with E-state index in [-0.39, 0.29) is 5.75 Å². The van der Waals surface area contributed by atoms with Crippen molar-refractivity contribution in [3.63, 3.8) is 0 Å². The number of aromatic nitrogens is 2. The van der Waals surface area contributed by atoms with Gasteiger partial charge in [0.1, 0.15) is 0 Å². The number of rotatable bonds is 2. The summed E-state index contributed by atoms with van der Waals surface area (Å²) in [5, 5.41) is 0. The molecule has 0 aliphatic rings. The van der Waals surface area contributed by atoms with Crippen LogP contribution in [-0.2, 0) is 0 Å². The summed E-state index contributed by atoms with van der Waals surface area (Å²) in [6, 6.07) is 10.7. The van der Waals surface area contributed by atoms with E-state index in [9.17, 15) is 4.39 Å². The van der Waals surface area contributed by atoms with Gasteiger partial charge in [-0.25, -0.2) is 4.39 Å². The summed E-state index contributed by atoms with van der Waals surface area (Å²) < 4.78 is 22.1. The Kier molecular flexibility index (Phi) is 3.51. The fourth-order valence-corrected chi connectivity index (χ4v) is 2.93. The Morgan fingerprint density at radius 1 is 1.25 bits per heavy atom. The number of halogens is 2. The monoisotopic (exact) mass is 400 g/mol. The van der Waals surface area contributed by atoms with Gasteiger partial charge in [0.05, 0.1) is 23.8 Å². The summed E-state index contributed by atoms with van der Waals surface area (Å²) in [5.41, 5.74) is 2.66. The van der Waals surface area contributed by atoms with Gasteiger partial charge in [-0.3, -0.25) is 4.57 Å². The molecule has 0 spiro atoms. The third-order valence-corrected chi connectivity index (χ3v) is 3.99. The normalized spacial score (nSPS) is 10.9. The molecule has 3 rings (SSSR count). The summed E-state index contributed by atoms with van der Waals surface area (Å²) in [5.74, 6) is -0.193. The zero-order valence-corrected chi connectivity index (χ0v) is 13.5. The third kappa shape index (κ3) is 2.22. The number of nitrogens with one attached hydrogen (secondary N) is 1. The van der Waals surface area contributed by atoms with Crippen molar-refractivity contribution in [2.24, 2.45) is 0 Å². The predicted molar refractivity (Wildman–Crippen MR) is 87.7 cm³/mol. The van der Waals surface area contributed by atoms with Gasteiger partial charge in [0.25, 0.3) is 0 Å². The van der Waals surface area contributed by atoms with Crippen LogP contribution in [0.5, 0.6) is 5.75 Å². The molecule has 0 radical (unpaired) electrons. The van der Waals surface area contributed by atoms with Gasteiger partial charge in [0.2, 0.25) is 0 Å². The Labute approximate surface area is 133 Å². The number of nitrogens with zero attached hydrogens (tertiary/aromatic N) is 1. The van der Waals surface area contributed by atoms with E-state index < -0.39 is 5.82 Å². The minimum Gasteiger partial charge on any atom is -0.494 e. The zero-order chi connectivity index (χ0) is 14.3. The van der Waals surface area contributed by atoms with E-state index in [0.717, 1.165) is 20.3 Å². The average Bonchev–Trinajstić information content (AvgIpc) is 2.74. The molecule has 6 heteroatoms. The van der Waals surface area contributed by atoms with Gasteiger partial charge in [-0.05, 0) is 65.1 Å². The minimum absolute atomic E-state index is 0.198. The first-order valence-corrected chi connectivity index (χ1v) is 7.33. The lowest BCUT2D eigenvalue weighted by molar-refractivity contribution is 0.386. The molecule has 0 aliphatic heterocycles. The quantitative estimate of drug-likeness (QED) is 0.509. The number of hydrogen-bond donors (Lipinski definition) is 1. The van der Waals surface area contributed by atoms with E-state index in [1.54, 1.807) is 12.1 Å². The highest BCUT2D eigenvalue weighted by Gasteiger charge is 2.10. The Balaban J connectivity index is 2.29. The smallest absolute Gasteiger partial charge is 0.182 e. The fraction of sp³-hybridized carbons (Fsp3) is 0.0714. The van der Waals surface area contributed by atoms with Crippen LogP contribution in [0.4, 0.5) is 4.39 Å². The average molecular weight is 400 g/mol. The van der Waals surface area contributed by atoms with Crippen molar-refractivity contribution in [2.75, 3.05) is 7.11 Å². The molecule has 3 aromatic rings. The molecule has 0 fully saturated rings. The molecular weight excluding hydrogens is 390 g/mol. The molecule has 0 unspecified atom stereocenters. The lowest BCUT2D eigenvalue weighted by Gasteiger charge is -2.08. The van der Waals surface area contributed by atoms with Crippen molar-refractivity contribution >= 4 is 45.8 Å². The maximum Gasteiger partial charge on any atom is 0.182 e. The van der Waals surface area contributed by atoms with Crippen molar-refractivity contribution in [1.82, 2.24) is 9.55 Å². The molecule has 3 nitrogen and oxygen atoms in total. The van der Waals surface area contributed by atoms with Crippen molar-refractivity contribution in [1.29, 1.82) is 0 Å². The summed E-state index contributed by atoms with van der Waals surface area (Å²) in [4.78, 5) is 3.16. The molecule has 0 aliphatic carbocycles. The maximum atomic E-state index is 13.5. The number of imidazole rings is 1. The molecule has 0 amide bonds. The molecule has 0 atom stereocenters. The van der Waals surface area contributed by atoms with Crippen LogP contribution < -0.4 is 4.74 Å². The van der Waals surface area contributed by atoms with Crippen molar-refractivity contribution in [3.05, 3.63) is 50.6 Å². The Hall–Kier alpha value is -1.41. The SMILES string of the molecule is COc1cc(-n2c(=S)[nH]c3cc(I)ccc32)ccc1F. The lowest BCUT2D eigenvalue weighted by Crippen LogP contribution is -1.96. The van der Waals surface area contributed by atoms with Crippen molar-refractivity contribution in [3.8, 4) is 11.4 Å². The van der Waals surface area contributed by atoms with Crippen LogP contribution in [0, 0.1) is 14.2 Å². The van der Waals surface area contributed by atoms with Crippen molar-refractivity contribution in [2.45, 2.75) is 0 Å². The number of benzene rings is 2. The first-order valence-electron chi connectivity index (χ1n) is 5.84. The van der Waals surface area contributed by atoms with E-state index in [2.05, 4.69) is 27.6 Å². The Bertz CT molecular complexity index is 856. The van der Waals surface area contributed by atoms with Crippen LogP contribution in [0.3, 0.4) is 0 Å². The van der Waals surface area contributed by atoms with E-state index in [0.29, 0.717) is 4.77 Å². The van der Waals surface area contributed by atoms with Gasteiger partial charge in [0, 0.05) is 9.64 Å². The standard InChI is InChI=1S/C14H10FIN2OS/c1-19-13-7-9(3-4-10(13)15)18-12-5-2-8(16)6-11(12)17-14(18)20/h2-7H,1H3,(H,17,20). The molecule has 102 valence electrons. The van der Waals surface area contributed by atoms with E-state index in [1.807, 2.05) is 22.8 Å². The van der Waals surface area contributed by atoms with Crippen LogP contribution in [0.15, 0.2) is 36.4 Å². The van der Waals surface area contributed by atoms with E-state index >= 15 is 0 Å². The minimum atomic E-state index is -0.392. The Morgan fingerprint density at radius 3 is 2.80 bits per heavy atom. The molecule has 1 N–H and O–H groups in total. The molecular formula is C14H10FIN2OS. The van der Waals surface area contributed by atoms with Crippen LogP contribution in [0.1, 0.15) is 0 Å². The second-order valence-corrected chi connectivity index (χ2v) is 5.88. The zero-order valence-electron chi connectivity index (χ0n) is 10.5. The van der Waals surface area contributed by atoms with Gasteiger partial charge in [-0.1, -0.05) is 0 Å². The Morgan fingerprint density at radius 2 is 2.05 bits per heavy atom. The lowest BCUT2D eigenvalue weighted by atomic mass is 10.2. The highest BCUT2D eigenvalue weighted by Crippen LogP contribution is 2.25. The van der Waals surface area contributed by atoms with Crippen LogP contribution in [-0.4, -0.2) is 16.7 Å². The first kappa shape index (κ1) is 13.6. The number of ether oxygens (including phenoxy) is 1. The second-order valence-electron chi connectivity index (χ2n) is 4.25. The van der Waals surface area contributed by atoms with Crippen LogP contribution in [0.2, 0.25) is 0 Å². The van der Waals surface area contributed by atoms with Gasteiger partial charge in [-0.2, -0.15) is 0 Å². The number of hydrogen-bond acceptors (Lipinski definition) is 2. The molecule has 0 bridgehead atoms. The summed E-state index contributed by atoms with van der Waals surface area (Å²) in [6.07, 6.45) is 0. The number of fused-ring (bicyclic) bond motifs is 1. The summed E-state index contributed by atoms with van der Waals surface area (Å²) >= 11 is 7.61. The molecule has 0 saturated heterocycles. The van der Waals surface area contributed by atoms with Gasteiger partial charge < -0.3 is 9.72 Å². The number of H-pyrrole nitrogens is 1. The summed E-state index contributed by atoms with van der Waals surface area (Å²) in [7, 11) is 1.44. The number of aromatic amines is 1.